The fourth-order valence-electron chi connectivity index (χ4n) is 2.60. The van der Waals surface area contributed by atoms with Crippen molar-refractivity contribution in [3.05, 3.63) is 23.8 Å². The zero-order valence-corrected chi connectivity index (χ0v) is 13.0. The Morgan fingerprint density at radius 2 is 2.05 bits per heavy atom. The largest absolute Gasteiger partial charge is 0.493 e. The number of rotatable bonds is 4. The number of likely N-dealkylation sites (tertiary alicyclic amines) is 1. The molecule has 0 aliphatic carbocycles. The first kappa shape index (κ1) is 15.6. The second-order valence-corrected chi connectivity index (χ2v) is 5.64. The Labute approximate surface area is 126 Å². The molecule has 1 fully saturated rings. The molecule has 0 radical (unpaired) electrons. The Bertz CT molecular complexity index is 504. The van der Waals surface area contributed by atoms with Crippen molar-refractivity contribution in [1.29, 1.82) is 0 Å². The lowest BCUT2D eigenvalue weighted by Crippen LogP contribution is -2.50. The number of carbonyl (C=O) groups is 1. The van der Waals surface area contributed by atoms with Crippen molar-refractivity contribution in [3.8, 4) is 11.5 Å². The van der Waals surface area contributed by atoms with E-state index in [4.69, 9.17) is 15.2 Å². The predicted octanol–water partition coefficient (Wildman–Crippen LogP) is 1.44. The highest BCUT2D eigenvalue weighted by Crippen LogP contribution is 2.28. The van der Waals surface area contributed by atoms with Crippen molar-refractivity contribution in [1.82, 2.24) is 4.90 Å². The highest BCUT2D eigenvalue weighted by Gasteiger charge is 2.26. The Kier molecular flexibility index (Phi) is 5.07. The van der Waals surface area contributed by atoms with Crippen molar-refractivity contribution in [2.45, 2.75) is 25.8 Å². The number of methoxy groups -OCH3 is 2. The summed E-state index contributed by atoms with van der Waals surface area (Å²) in [6.07, 6.45) is 1.33. The Morgan fingerprint density at radius 3 is 2.67 bits per heavy atom. The van der Waals surface area contributed by atoms with Crippen LogP contribution in [-0.4, -0.2) is 44.2 Å². The lowest BCUT2D eigenvalue weighted by atomic mass is 9.94. The van der Waals surface area contributed by atoms with E-state index in [9.17, 15) is 4.79 Å². The molecule has 2 N–H and O–H groups in total. The van der Waals surface area contributed by atoms with Gasteiger partial charge in [0.1, 0.15) is 0 Å². The van der Waals surface area contributed by atoms with Gasteiger partial charge in [0.15, 0.2) is 11.5 Å². The quantitative estimate of drug-likeness (QED) is 0.912. The molecule has 1 amide bonds. The molecule has 0 saturated carbocycles. The lowest BCUT2D eigenvalue weighted by Gasteiger charge is -2.35. The first-order valence-corrected chi connectivity index (χ1v) is 7.29. The van der Waals surface area contributed by atoms with Crippen LogP contribution in [0.4, 0.5) is 0 Å². The maximum absolute atomic E-state index is 12.4. The van der Waals surface area contributed by atoms with Crippen LogP contribution in [0.5, 0.6) is 11.5 Å². The molecule has 116 valence electrons. The van der Waals surface area contributed by atoms with Crippen molar-refractivity contribution in [3.63, 3.8) is 0 Å². The Morgan fingerprint density at radius 1 is 1.33 bits per heavy atom. The monoisotopic (exact) mass is 292 g/mol. The first-order chi connectivity index (χ1) is 10.0. The van der Waals surface area contributed by atoms with Gasteiger partial charge in [-0.1, -0.05) is 13.0 Å². The molecule has 1 aromatic rings. The SMILES string of the molecule is COc1ccc(CC(=O)N2CCC(C)C(N)C2)cc1OC. The molecule has 1 saturated heterocycles. The predicted molar refractivity (Wildman–Crippen MR) is 81.6 cm³/mol. The van der Waals surface area contributed by atoms with Gasteiger partial charge < -0.3 is 20.1 Å². The molecule has 21 heavy (non-hydrogen) atoms. The fourth-order valence-corrected chi connectivity index (χ4v) is 2.60. The molecule has 5 heteroatoms. The van der Waals surface area contributed by atoms with Gasteiger partial charge in [0.2, 0.25) is 5.91 Å². The van der Waals surface area contributed by atoms with Gasteiger partial charge in [0.05, 0.1) is 20.6 Å². The number of piperidine rings is 1. The molecule has 2 atom stereocenters. The molecular formula is C16H24N2O3. The van der Waals surface area contributed by atoms with Crippen LogP contribution in [0.1, 0.15) is 18.9 Å². The number of hydrogen-bond acceptors (Lipinski definition) is 4. The van der Waals surface area contributed by atoms with Gasteiger partial charge in [-0.2, -0.15) is 0 Å². The summed E-state index contributed by atoms with van der Waals surface area (Å²) in [6, 6.07) is 5.65. The third-order valence-electron chi connectivity index (χ3n) is 4.17. The Hall–Kier alpha value is -1.75. The maximum Gasteiger partial charge on any atom is 0.227 e. The topological polar surface area (TPSA) is 64.8 Å². The normalized spacial score (nSPS) is 22.0. The highest BCUT2D eigenvalue weighted by molar-refractivity contribution is 5.79. The smallest absolute Gasteiger partial charge is 0.227 e. The molecule has 1 heterocycles. The number of nitrogens with zero attached hydrogens (tertiary/aromatic N) is 1. The van der Waals surface area contributed by atoms with E-state index < -0.39 is 0 Å². The lowest BCUT2D eigenvalue weighted by molar-refractivity contribution is -0.132. The minimum Gasteiger partial charge on any atom is -0.493 e. The standard InChI is InChI=1S/C16H24N2O3/c1-11-6-7-18(10-13(11)17)16(19)9-12-4-5-14(20-2)15(8-12)21-3/h4-5,8,11,13H,6-7,9-10,17H2,1-3H3. The number of amides is 1. The van der Waals surface area contributed by atoms with E-state index in [0.717, 1.165) is 18.5 Å². The van der Waals surface area contributed by atoms with Crippen LogP contribution in [-0.2, 0) is 11.2 Å². The molecular weight excluding hydrogens is 268 g/mol. The van der Waals surface area contributed by atoms with Crippen LogP contribution in [0.3, 0.4) is 0 Å². The van der Waals surface area contributed by atoms with Crippen LogP contribution in [0.2, 0.25) is 0 Å². The molecule has 0 bridgehead atoms. The van der Waals surface area contributed by atoms with E-state index >= 15 is 0 Å². The van der Waals surface area contributed by atoms with Crippen molar-refractivity contribution >= 4 is 5.91 Å². The van der Waals surface area contributed by atoms with Gasteiger partial charge >= 0.3 is 0 Å². The summed E-state index contributed by atoms with van der Waals surface area (Å²) in [6.45, 7) is 3.58. The molecule has 1 aliphatic rings. The van der Waals surface area contributed by atoms with Crippen LogP contribution < -0.4 is 15.2 Å². The van der Waals surface area contributed by atoms with E-state index in [-0.39, 0.29) is 11.9 Å². The summed E-state index contributed by atoms with van der Waals surface area (Å²) in [7, 11) is 3.19. The molecule has 0 aromatic heterocycles. The Balaban J connectivity index is 2.02. The average Bonchev–Trinajstić information content (AvgIpc) is 2.49. The average molecular weight is 292 g/mol. The minimum atomic E-state index is 0.0769. The second kappa shape index (κ2) is 6.80. The zero-order valence-electron chi connectivity index (χ0n) is 13.0. The number of hydrogen-bond donors (Lipinski definition) is 1. The summed E-state index contributed by atoms with van der Waals surface area (Å²) in [5.74, 6) is 1.91. The number of ether oxygens (including phenoxy) is 2. The van der Waals surface area contributed by atoms with E-state index in [1.54, 1.807) is 14.2 Å². The first-order valence-electron chi connectivity index (χ1n) is 7.29. The van der Waals surface area contributed by atoms with E-state index in [1.165, 1.54) is 0 Å². The summed E-state index contributed by atoms with van der Waals surface area (Å²) in [4.78, 5) is 14.2. The van der Waals surface area contributed by atoms with Crippen LogP contribution >= 0.6 is 0 Å². The third-order valence-corrected chi connectivity index (χ3v) is 4.17. The van der Waals surface area contributed by atoms with Crippen LogP contribution in [0, 0.1) is 5.92 Å². The van der Waals surface area contributed by atoms with Crippen LogP contribution in [0.15, 0.2) is 18.2 Å². The van der Waals surface area contributed by atoms with E-state index in [2.05, 4.69) is 6.92 Å². The summed E-state index contributed by atoms with van der Waals surface area (Å²) >= 11 is 0. The number of carbonyl (C=O) groups excluding carboxylic acids is 1. The van der Waals surface area contributed by atoms with E-state index in [1.807, 2.05) is 23.1 Å². The van der Waals surface area contributed by atoms with Crippen molar-refractivity contribution < 1.29 is 14.3 Å². The maximum atomic E-state index is 12.4. The van der Waals surface area contributed by atoms with Crippen molar-refractivity contribution in [2.75, 3.05) is 27.3 Å². The molecule has 0 spiro atoms. The zero-order chi connectivity index (χ0) is 15.4. The molecule has 5 nitrogen and oxygen atoms in total. The van der Waals surface area contributed by atoms with Gasteiger partial charge in [-0.3, -0.25) is 4.79 Å². The second-order valence-electron chi connectivity index (χ2n) is 5.64. The fraction of sp³-hybridized carbons (Fsp3) is 0.562. The summed E-state index contributed by atoms with van der Waals surface area (Å²) < 4.78 is 10.5. The highest BCUT2D eigenvalue weighted by atomic mass is 16.5. The van der Waals surface area contributed by atoms with E-state index in [0.29, 0.717) is 30.4 Å². The molecule has 1 aliphatic heterocycles. The third kappa shape index (κ3) is 3.67. The molecule has 2 rings (SSSR count). The number of nitrogens with two attached hydrogens (primary N) is 1. The van der Waals surface area contributed by atoms with Crippen LogP contribution in [0.25, 0.3) is 0 Å². The van der Waals surface area contributed by atoms with Gasteiger partial charge in [-0.05, 0) is 30.0 Å². The van der Waals surface area contributed by atoms with Crippen molar-refractivity contribution in [2.24, 2.45) is 11.7 Å². The molecule has 1 aromatic carbocycles. The van der Waals surface area contributed by atoms with Gasteiger partial charge in [0, 0.05) is 19.1 Å². The minimum absolute atomic E-state index is 0.0769. The van der Waals surface area contributed by atoms with Gasteiger partial charge in [-0.15, -0.1) is 0 Å². The molecule has 2 unspecified atom stereocenters. The van der Waals surface area contributed by atoms with Gasteiger partial charge in [0.25, 0.3) is 0 Å². The summed E-state index contributed by atoms with van der Waals surface area (Å²) in [5, 5.41) is 0. The number of benzene rings is 1. The summed E-state index contributed by atoms with van der Waals surface area (Å²) in [5.41, 5.74) is 6.97. The van der Waals surface area contributed by atoms with Gasteiger partial charge in [-0.25, -0.2) is 0 Å².